The Labute approximate surface area is 66.3 Å². The summed E-state index contributed by atoms with van der Waals surface area (Å²) in [7, 11) is 0. The maximum absolute atomic E-state index is 10.8. The highest BCUT2D eigenvalue weighted by atomic mass is 16.1. The largest absolute Gasteiger partial charge is 0.295 e. The van der Waals surface area contributed by atoms with E-state index in [0.29, 0.717) is 12.8 Å². The summed E-state index contributed by atoms with van der Waals surface area (Å²) in [5.41, 5.74) is 0. The molecule has 0 aliphatic heterocycles. The predicted octanol–water partition coefficient (Wildman–Crippen LogP) is 1.11. The number of hydrogen-bond donors (Lipinski definition) is 0. The van der Waals surface area contributed by atoms with Crippen molar-refractivity contribution in [2.45, 2.75) is 19.8 Å². The minimum Gasteiger partial charge on any atom is -0.295 e. The van der Waals surface area contributed by atoms with Gasteiger partial charge in [-0.3, -0.25) is 9.59 Å². The van der Waals surface area contributed by atoms with E-state index in [2.05, 4.69) is 5.92 Å². The van der Waals surface area contributed by atoms with E-state index < -0.39 is 0 Å². The first-order valence-electron chi connectivity index (χ1n) is 3.31. The third kappa shape index (κ3) is 6.53. The Bertz CT molecular complexity index is 218. The molecule has 0 bridgehead atoms. The Morgan fingerprint density at radius 3 is 2.55 bits per heavy atom. The standard InChI is InChI=1S/C9H10O2/c1-3-4-5-9(11)7-6-8(2)10/h1,6-7H,4-5H2,2H3/b7-6-. The fourth-order valence-electron chi connectivity index (χ4n) is 0.489. The summed E-state index contributed by atoms with van der Waals surface area (Å²) in [6.07, 6.45) is 8.20. The molecule has 0 aromatic heterocycles. The van der Waals surface area contributed by atoms with Crippen molar-refractivity contribution in [3.05, 3.63) is 12.2 Å². The number of rotatable bonds is 4. The fourth-order valence-corrected chi connectivity index (χ4v) is 0.489. The van der Waals surface area contributed by atoms with Gasteiger partial charge in [-0.1, -0.05) is 0 Å². The molecule has 11 heavy (non-hydrogen) atoms. The normalized spacial score (nSPS) is 9.45. The number of ketones is 2. The summed E-state index contributed by atoms with van der Waals surface area (Å²) < 4.78 is 0. The van der Waals surface area contributed by atoms with Crippen LogP contribution in [0.1, 0.15) is 19.8 Å². The van der Waals surface area contributed by atoms with E-state index in [-0.39, 0.29) is 11.6 Å². The molecule has 58 valence electrons. The highest BCUT2D eigenvalue weighted by molar-refractivity contribution is 5.97. The average Bonchev–Trinajstić information content (AvgIpc) is 1.97. The zero-order valence-electron chi connectivity index (χ0n) is 6.46. The van der Waals surface area contributed by atoms with Gasteiger partial charge in [0.15, 0.2) is 11.6 Å². The number of carbonyl (C=O) groups is 2. The van der Waals surface area contributed by atoms with Crippen LogP contribution in [0.2, 0.25) is 0 Å². The lowest BCUT2D eigenvalue weighted by atomic mass is 10.2. The van der Waals surface area contributed by atoms with Gasteiger partial charge in [0.2, 0.25) is 0 Å². The zero-order valence-corrected chi connectivity index (χ0v) is 6.46. The lowest BCUT2D eigenvalue weighted by molar-refractivity contribution is -0.116. The average molecular weight is 150 g/mol. The SMILES string of the molecule is C#CCCC(=O)/C=C\C(C)=O. The lowest BCUT2D eigenvalue weighted by Crippen LogP contribution is -1.92. The molecule has 0 aromatic carbocycles. The van der Waals surface area contributed by atoms with E-state index in [1.807, 2.05) is 0 Å². The molecule has 0 radical (unpaired) electrons. The van der Waals surface area contributed by atoms with E-state index >= 15 is 0 Å². The summed E-state index contributed by atoms with van der Waals surface area (Å²) in [6.45, 7) is 1.39. The molecule has 0 aliphatic carbocycles. The number of hydrogen-bond acceptors (Lipinski definition) is 2. The Kier molecular flexibility index (Phi) is 4.76. The van der Waals surface area contributed by atoms with Crippen molar-refractivity contribution in [2.75, 3.05) is 0 Å². The summed E-state index contributed by atoms with van der Waals surface area (Å²) in [6, 6.07) is 0. The van der Waals surface area contributed by atoms with Gasteiger partial charge < -0.3 is 0 Å². The van der Waals surface area contributed by atoms with Gasteiger partial charge in [0, 0.05) is 12.8 Å². The topological polar surface area (TPSA) is 34.1 Å². The Morgan fingerprint density at radius 1 is 1.45 bits per heavy atom. The monoisotopic (exact) mass is 150 g/mol. The molecule has 0 aliphatic rings. The van der Waals surface area contributed by atoms with Crippen molar-refractivity contribution in [3.63, 3.8) is 0 Å². The Hall–Kier alpha value is -1.36. The zero-order chi connectivity index (χ0) is 8.69. The molecule has 0 amide bonds. The van der Waals surface area contributed by atoms with Crippen molar-refractivity contribution in [1.29, 1.82) is 0 Å². The van der Waals surface area contributed by atoms with Gasteiger partial charge in [0.25, 0.3) is 0 Å². The van der Waals surface area contributed by atoms with Gasteiger partial charge in [-0.25, -0.2) is 0 Å². The van der Waals surface area contributed by atoms with Crippen molar-refractivity contribution < 1.29 is 9.59 Å². The van der Waals surface area contributed by atoms with Gasteiger partial charge in [-0.15, -0.1) is 12.3 Å². The van der Waals surface area contributed by atoms with Gasteiger partial charge in [-0.2, -0.15) is 0 Å². The van der Waals surface area contributed by atoms with Crippen molar-refractivity contribution >= 4 is 11.6 Å². The van der Waals surface area contributed by atoms with Crippen LogP contribution in [0.5, 0.6) is 0 Å². The predicted molar refractivity (Wildman–Crippen MR) is 42.9 cm³/mol. The molecule has 0 rings (SSSR count). The Balaban J connectivity index is 3.71. The summed E-state index contributed by atoms with van der Waals surface area (Å²) in [5.74, 6) is 2.12. The lowest BCUT2D eigenvalue weighted by Gasteiger charge is -1.86. The molecule has 2 heteroatoms. The van der Waals surface area contributed by atoms with Gasteiger partial charge >= 0.3 is 0 Å². The van der Waals surface area contributed by atoms with Crippen LogP contribution in [-0.2, 0) is 9.59 Å². The summed E-state index contributed by atoms with van der Waals surface area (Å²) >= 11 is 0. The molecule has 2 nitrogen and oxygen atoms in total. The molecule has 0 heterocycles. The molecule has 0 aromatic rings. The maximum Gasteiger partial charge on any atom is 0.156 e. The quantitative estimate of drug-likeness (QED) is 0.444. The molecule has 0 N–H and O–H groups in total. The van der Waals surface area contributed by atoms with E-state index in [1.165, 1.54) is 19.1 Å². The number of terminal acetylenes is 1. The molecule has 0 saturated heterocycles. The first-order valence-corrected chi connectivity index (χ1v) is 3.31. The maximum atomic E-state index is 10.8. The number of allylic oxidation sites excluding steroid dienone is 2. The highest BCUT2D eigenvalue weighted by Crippen LogP contribution is 1.90. The second-order valence-electron chi connectivity index (χ2n) is 2.11. The van der Waals surface area contributed by atoms with E-state index in [4.69, 9.17) is 6.42 Å². The van der Waals surface area contributed by atoms with Gasteiger partial charge in [0.1, 0.15) is 0 Å². The van der Waals surface area contributed by atoms with Gasteiger partial charge in [0.05, 0.1) is 0 Å². The molecule has 0 fully saturated rings. The number of carbonyl (C=O) groups excluding carboxylic acids is 2. The van der Waals surface area contributed by atoms with Crippen LogP contribution in [0.25, 0.3) is 0 Å². The highest BCUT2D eigenvalue weighted by Gasteiger charge is 1.93. The van der Waals surface area contributed by atoms with Crippen LogP contribution in [0, 0.1) is 12.3 Å². The third-order valence-electron chi connectivity index (χ3n) is 1.02. The first kappa shape index (κ1) is 9.64. The van der Waals surface area contributed by atoms with Crippen LogP contribution in [0.15, 0.2) is 12.2 Å². The summed E-state index contributed by atoms with van der Waals surface area (Å²) in [5, 5.41) is 0. The van der Waals surface area contributed by atoms with Crippen molar-refractivity contribution in [3.8, 4) is 12.3 Å². The molecule has 0 atom stereocenters. The van der Waals surface area contributed by atoms with Crippen LogP contribution in [-0.4, -0.2) is 11.6 Å². The van der Waals surface area contributed by atoms with Crippen LogP contribution >= 0.6 is 0 Å². The van der Waals surface area contributed by atoms with E-state index in [9.17, 15) is 9.59 Å². The van der Waals surface area contributed by atoms with Crippen molar-refractivity contribution in [1.82, 2.24) is 0 Å². The molecule has 0 unspecified atom stereocenters. The second kappa shape index (κ2) is 5.43. The fraction of sp³-hybridized carbons (Fsp3) is 0.333. The molecule has 0 saturated carbocycles. The minimum absolute atomic E-state index is 0.0989. The molecule has 0 spiro atoms. The third-order valence-corrected chi connectivity index (χ3v) is 1.02. The second-order valence-corrected chi connectivity index (χ2v) is 2.11. The summed E-state index contributed by atoms with van der Waals surface area (Å²) in [4.78, 5) is 21.1. The Morgan fingerprint density at radius 2 is 2.09 bits per heavy atom. The molecular weight excluding hydrogens is 140 g/mol. The van der Waals surface area contributed by atoms with Gasteiger partial charge in [-0.05, 0) is 19.1 Å². The van der Waals surface area contributed by atoms with Crippen LogP contribution in [0.3, 0.4) is 0 Å². The van der Waals surface area contributed by atoms with E-state index in [0.717, 1.165) is 0 Å². The molecular formula is C9H10O2. The minimum atomic E-state index is -0.126. The van der Waals surface area contributed by atoms with Crippen LogP contribution in [0.4, 0.5) is 0 Å². The smallest absolute Gasteiger partial charge is 0.156 e. The van der Waals surface area contributed by atoms with Crippen molar-refractivity contribution in [2.24, 2.45) is 0 Å². The first-order chi connectivity index (χ1) is 5.16. The van der Waals surface area contributed by atoms with Crippen LogP contribution < -0.4 is 0 Å². The van der Waals surface area contributed by atoms with E-state index in [1.54, 1.807) is 0 Å².